The summed E-state index contributed by atoms with van der Waals surface area (Å²) in [6, 6.07) is 35.3. The van der Waals surface area contributed by atoms with Gasteiger partial charge in [-0.05, 0) is 59.3 Å². The van der Waals surface area contributed by atoms with Crippen LogP contribution in [0, 0.1) is 0 Å². The summed E-state index contributed by atoms with van der Waals surface area (Å²) in [5.41, 5.74) is -0.229. The lowest BCUT2D eigenvalue weighted by molar-refractivity contribution is 0.0322. The van der Waals surface area contributed by atoms with Gasteiger partial charge in [-0.1, -0.05) is 130 Å². The van der Waals surface area contributed by atoms with Crippen LogP contribution in [0.4, 0.5) is 4.79 Å². The molecular weight excluding hydrogens is 587 g/mol. The highest BCUT2D eigenvalue weighted by Gasteiger charge is 2.50. The molecule has 0 radical (unpaired) electrons. The van der Waals surface area contributed by atoms with Gasteiger partial charge in [0, 0.05) is 18.2 Å². The highest BCUT2D eigenvalue weighted by atomic mass is 32.2. The van der Waals surface area contributed by atoms with Gasteiger partial charge < -0.3 is 14.1 Å². The molecule has 4 rings (SSSR count). The monoisotopic (exact) mass is 629 g/mol. The Morgan fingerprint density at radius 3 is 1.88 bits per heavy atom. The molecule has 0 aromatic heterocycles. The van der Waals surface area contributed by atoms with Crippen LogP contribution in [-0.2, 0) is 14.8 Å². The zero-order chi connectivity index (χ0) is 31.3. The fourth-order valence-corrected chi connectivity index (χ4v) is 11.0. The number of hydrogen-bond acceptors (Lipinski definition) is 5. The molecule has 0 aliphatic heterocycles. The van der Waals surface area contributed by atoms with Crippen LogP contribution in [-0.4, -0.2) is 49.0 Å². The normalized spacial score (nSPS) is 13.5. The van der Waals surface area contributed by atoms with Gasteiger partial charge in [0.1, 0.15) is 0 Å². The number of hydrogen-bond donors (Lipinski definition) is 0. The molecular formula is C36H43NO3S2Si. The third-order valence-corrected chi connectivity index (χ3v) is 14.8. The molecule has 0 heterocycles. The van der Waals surface area contributed by atoms with Crippen LogP contribution in [0.25, 0.3) is 10.8 Å². The molecule has 4 aromatic carbocycles. The largest absolute Gasteiger partial charge is 0.432 e. The summed E-state index contributed by atoms with van der Waals surface area (Å²) in [7, 11) is -2.74. The molecule has 226 valence electrons. The molecule has 4 aromatic rings. The Hall–Kier alpha value is -2.97. The standard InChI is InChI=1S/C36H43NO3S2Si/c1-27(2)37(34(38)40-36(6,33(41)42-7)30-23-22-28-16-14-15-17-29(28)26-30)24-25-39-43(35(3,4)5,31-18-10-8-11-19-31)32-20-12-9-13-21-32/h8-23,26-27H,24-25H2,1-7H3/t36-/m0/s1. The molecule has 0 N–H and O–H groups in total. The molecule has 4 nitrogen and oxygen atoms in total. The van der Waals surface area contributed by atoms with Crippen molar-refractivity contribution in [2.24, 2.45) is 0 Å². The molecule has 43 heavy (non-hydrogen) atoms. The van der Waals surface area contributed by atoms with Crippen LogP contribution in [0.2, 0.25) is 5.04 Å². The first-order valence-electron chi connectivity index (χ1n) is 14.8. The van der Waals surface area contributed by atoms with E-state index in [1.807, 2.05) is 57.4 Å². The summed E-state index contributed by atoms with van der Waals surface area (Å²) < 4.78 is 14.0. The van der Waals surface area contributed by atoms with Crippen molar-refractivity contribution in [1.29, 1.82) is 0 Å². The van der Waals surface area contributed by atoms with Gasteiger partial charge in [-0.15, -0.1) is 11.8 Å². The molecule has 1 amide bonds. The number of carbonyl (C=O) groups is 1. The Bertz CT molecular complexity index is 1500. The van der Waals surface area contributed by atoms with Crippen LogP contribution < -0.4 is 10.4 Å². The number of thiocarbonyl (C=S) groups is 1. The molecule has 0 fully saturated rings. The molecule has 0 bridgehead atoms. The fraction of sp³-hybridized carbons (Fsp3) is 0.333. The molecule has 0 unspecified atom stereocenters. The Balaban J connectivity index is 1.62. The fourth-order valence-electron chi connectivity index (χ4n) is 5.75. The van der Waals surface area contributed by atoms with Gasteiger partial charge in [-0.25, -0.2) is 4.79 Å². The maximum atomic E-state index is 13.9. The van der Waals surface area contributed by atoms with Gasteiger partial charge in [0.2, 0.25) is 0 Å². The van der Waals surface area contributed by atoms with Crippen molar-refractivity contribution >= 4 is 63.7 Å². The number of carbonyl (C=O) groups excluding carboxylic acids is 1. The van der Waals surface area contributed by atoms with Crippen LogP contribution >= 0.6 is 24.0 Å². The van der Waals surface area contributed by atoms with E-state index in [0.29, 0.717) is 17.3 Å². The predicted molar refractivity (Wildman–Crippen MR) is 189 cm³/mol. The average Bonchev–Trinajstić information content (AvgIpc) is 3.00. The van der Waals surface area contributed by atoms with Gasteiger partial charge in [-0.2, -0.15) is 0 Å². The maximum Gasteiger partial charge on any atom is 0.411 e. The summed E-state index contributed by atoms with van der Waals surface area (Å²) in [6.45, 7) is 13.4. The number of rotatable bonds is 10. The average molecular weight is 630 g/mol. The molecule has 0 spiro atoms. The molecule has 0 saturated heterocycles. The minimum atomic E-state index is -2.74. The molecule has 0 aliphatic rings. The summed E-state index contributed by atoms with van der Waals surface area (Å²) in [5.74, 6) is 0. The van der Waals surface area contributed by atoms with Crippen molar-refractivity contribution in [2.75, 3.05) is 19.4 Å². The van der Waals surface area contributed by atoms with Crippen LogP contribution in [0.5, 0.6) is 0 Å². The SMILES string of the molecule is CSC(=S)[C@@](C)(OC(=O)N(CCO[Si](c1ccccc1)(c1ccccc1)C(C)(C)C)C(C)C)c1ccc2ccccc2c1. The Labute approximate surface area is 267 Å². The molecule has 1 atom stereocenters. The zero-order valence-corrected chi connectivity index (χ0v) is 28.9. The second kappa shape index (κ2) is 13.8. The molecule has 0 aliphatic carbocycles. The van der Waals surface area contributed by atoms with Crippen molar-refractivity contribution < 1.29 is 14.0 Å². The lowest BCUT2D eigenvalue weighted by atomic mass is 9.95. The minimum Gasteiger partial charge on any atom is -0.432 e. The minimum absolute atomic E-state index is 0.0982. The first-order valence-corrected chi connectivity index (χ1v) is 18.3. The van der Waals surface area contributed by atoms with Crippen molar-refractivity contribution in [2.45, 2.75) is 58.2 Å². The summed E-state index contributed by atoms with van der Waals surface area (Å²) in [5, 5.41) is 4.46. The lowest BCUT2D eigenvalue weighted by Gasteiger charge is -2.43. The van der Waals surface area contributed by atoms with Crippen molar-refractivity contribution in [3.8, 4) is 0 Å². The van der Waals surface area contributed by atoms with E-state index in [1.165, 1.54) is 22.1 Å². The number of benzene rings is 4. The van der Waals surface area contributed by atoms with Crippen molar-refractivity contribution in [3.05, 3.63) is 109 Å². The molecule has 0 saturated carbocycles. The quantitative estimate of drug-likeness (QED) is 0.131. The highest BCUT2D eigenvalue weighted by Crippen LogP contribution is 2.37. The van der Waals surface area contributed by atoms with Gasteiger partial charge in [0.25, 0.3) is 8.32 Å². The summed E-state index contributed by atoms with van der Waals surface area (Å²) in [6.07, 6.45) is 1.51. The predicted octanol–water partition coefficient (Wildman–Crippen LogP) is 8.17. The van der Waals surface area contributed by atoms with Gasteiger partial charge in [0.15, 0.2) is 5.60 Å². The lowest BCUT2D eigenvalue weighted by Crippen LogP contribution is -2.67. The van der Waals surface area contributed by atoms with Crippen LogP contribution in [0.15, 0.2) is 103 Å². The second-order valence-corrected chi connectivity index (χ2v) is 18.0. The Morgan fingerprint density at radius 2 is 1.37 bits per heavy atom. The van der Waals surface area contributed by atoms with Gasteiger partial charge in [0.05, 0.1) is 10.8 Å². The topological polar surface area (TPSA) is 38.8 Å². The number of ether oxygens (including phenoxy) is 1. The number of amides is 1. The summed E-state index contributed by atoms with van der Waals surface area (Å²) >= 11 is 7.23. The van der Waals surface area contributed by atoms with Crippen molar-refractivity contribution in [1.82, 2.24) is 4.90 Å². The second-order valence-electron chi connectivity index (χ2n) is 12.3. The van der Waals surface area contributed by atoms with Gasteiger partial charge >= 0.3 is 6.09 Å². The van der Waals surface area contributed by atoms with Gasteiger partial charge in [-0.3, -0.25) is 0 Å². The van der Waals surface area contributed by atoms with E-state index >= 15 is 0 Å². The first kappa shape index (κ1) is 32.9. The highest BCUT2D eigenvalue weighted by molar-refractivity contribution is 8.22. The third kappa shape index (κ3) is 6.91. The first-order chi connectivity index (χ1) is 20.4. The van der Waals surface area contributed by atoms with E-state index in [0.717, 1.165) is 16.3 Å². The van der Waals surface area contributed by atoms with E-state index in [1.54, 1.807) is 4.90 Å². The Morgan fingerprint density at radius 1 is 0.837 bits per heavy atom. The molecule has 7 heteroatoms. The third-order valence-electron chi connectivity index (χ3n) is 8.09. The van der Waals surface area contributed by atoms with Crippen LogP contribution in [0.3, 0.4) is 0 Å². The van der Waals surface area contributed by atoms with Crippen molar-refractivity contribution in [3.63, 3.8) is 0 Å². The van der Waals surface area contributed by atoms with E-state index in [-0.39, 0.29) is 11.1 Å². The van der Waals surface area contributed by atoms with E-state index < -0.39 is 20.0 Å². The maximum absolute atomic E-state index is 13.9. The smallest absolute Gasteiger partial charge is 0.411 e. The number of nitrogens with zero attached hydrogens (tertiary/aromatic N) is 1. The Kier molecular flexibility index (Phi) is 10.5. The van der Waals surface area contributed by atoms with Crippen LogP contribution in [0.1, 0.15) is 47.1 Å². The summed E-state index contributed by atoms with van der Waals surface area (Å²) in [4.78, 5) is 15.7. The van der Waals surface area contributed by atoms with E-state index in [4.69, 9.17) is 21.4 Å². The van der Waals surface area contributed by atoms with E-state index in [2.05, 4.69) is 93.6 Å². The van der Waals surface area contributed by atoms with E-state index in [9.17, 15) is 4.79 Å². The number of thioether (sulfide) groups is 1. The zero-order valence-electron chi connectivity index (χ0n) is 26.3. The number of fused-ring (bicyclic) bond motifs is 1.